The summed E-state index contributed by atoms with van der Waals surface area (Å²) in [5.41, 5.74) is -2.09. The predicted molar refractivity (Wildman–Crippen MR) is 129 cm³/mol. The van der Waals surface area contributed by atoms with E-state index in [1.807, 2.05) is 0 Å². The van der Waals surface area contributed by atoms with Crippen molar-refractivity contribution in [1.82, 2.24) is 15.1 Å². The van der Waals surface area contributed by atoms with Crippen molar-refractivity contribution in [3.63, 3.8) is 0 Å². The minimum absolute atomic E-state index is 0.0492. The summed E-state index contributed by atoms with van der Waals surface area (Å²) < 4.78 is 82.8. The summed E-state index contributed by atoms with van der Waals surface area (Å²) >= 11 is 6.05. The third-order valence-electron chi connectivity index (χ3n) is 7.44. The maximum Gasteiger partial charge on any atom is 0.586 e. The number of carbonyl (C=O) groups is 2. The topological polar surface area (TPSA) is 112 Å². The average Bonchev–Trinajstić information content (AvgIpc) is 3.35. The smallest absolute Gasteiger partial charge is 0.481 e. The van der Waals surface area contributed by atoms with E-state index in [4.69, 9.17) is 16.3 Å². The number of aliphatic carboxylic acids is 1. The highest BCUT2D eigenvalue weighted by Crippen LogP contribution is 2.73. The van der Waals surface area contributed by atoms with E-state index in [2.05, 4.69) is 19.9 Å². The Morgan fingerprint density at radius 1 is 1.10 bits per heavy atom. The van der Waals surface area contributed by atoms with Gasteiger partial charge in [-0.1, -0.05) is 23.7 Å². The highest BCUT2D eigenvalue weighted by molar-refractivity contribution is 6.32. The first kappa shape index (κ1) is 27.1. The molecule has 0 unspecified atom stereocenters. The number of fused-ring (bicyclic) bond motifs is 1. The summed E-state index contributed by atoms with van der Waals surface area (Å²) in [6.45, 7) is -0.127. The van der Waals surface area contributed by atoms with E-state index in [1.54, 1.807) is 0 Å². The molecule has 0 radical (unpaired) electrons. The number of nitrogens with zero attached hydrogens (tertiary/aromatic N) is 2. The van der Waals surface area contributed by atoms with E-state index >= 15 is 0 Å². The van der Waals surface area contributed by atoms with Crippen molar-refractivity contribution in [3.05, 3.63) is 64.3 Å². The monoisotopic (exact) mass is 599 g/mol. The number of carboxylic acids is 1. The molecule has 0 spiro atoms. The molecule has 2 N–H and O–H groups in total. The molecule has 4 aliphatic rings. The number of carboxylic acid groups (broad SMARTS) is 1. The average molecular weight is 600 g/mol. The van der Waals surface area contributed by atoms with Crippen LogP contribution in [-0.4, -0.2) is 39.7 Å². The number of hydrogen-bond donors (Lipinski definition) is 2. The van der Waals surface area contributed by atoms with Crippen LogP contribution in [0.5, 0.6) is 17.4 Å². The third-order valence-corrected chi connectivity index (χ3v) is 7.78. The molecular weight excluding hydrogens is 581 g/mol. The van der Waals surface area contributed by atoms with Gasteiger partial charge in [0.2, 0.25) is 5.88 Å². The number of halogens is 6. The van der Waals surface area contributed by atoms with Gasteiger partial charge in [0.1, 0.15) is 5.02 Å². The lowest BCUT2D eigenvalue weighted by Gasteiger charge is -2.67. The van der Waals surface area contributed by atoms with Crippen LogP contribution in [0.2, 0.25) is 5.02 Å². The first-order valence-electron chi connectivity index (χ1n) is 12.2. The Morgan fingerprint density at radius 3 is 2.49 bits per heavy atom. The van der Waals surface area contributed by atoms with Gasteiger partial charge in [-0.15, -0.1) is 8.78 Å². The van der Waals surface area contributed by atoms with Crippen molar-refractivity contribution < 1.29 is 50.9 Å². The van der Waals surface area contributed by atoms with Gasteiger partial charge in [-0.25, -0.2) is 0 Å². The van der Waals surface area contributed by atoms with Gasteiger partial charge in [-0.05, 0) is 55.2 Å². The van der Waals surface area contributed by atoms with Crippen LogP contribution < -0.4 is 19.5 Å². The van der Waals surface area contributed by atoms with E-state index < -0.39 is 45.9 Å². The minimum atomic E-state index is -4.90. The fourth-order valence-electron chi connectivity index (χ4n) is 5.63. The summed E-state index contributed by atoms with van der Waals surface area (Å²) in [6.07, 6.45) is -7.61. The van der Waals surface area contributed by atoms with E-state index in [0.29, 0.717) is 24.8 Å². The Balaban J connectivity index is 1.20. The van der Waals surface area contributed by atoms with Crippen LogP contribution in [0.1, 0.15) is 40.9 Å². The summed E-state index contributed by atoms with van der Waals surface area (Å²) in [4.78, 5) is 24.2. The quantitative estimate of drug-likeness (QED) is 0.332. The van der Waals surface area contributed by atoms with Crippen LogP contribution in [0.25, 0.3) is 5.69 Å². The van der Waals surface area contributed by atoms with Gasteiger partial charge in [0, 0.05) is 17.5 Å². The van der Waals surface area contributed by atoms with Crippen molar-refractivity contribution in [2.45, 2.75) is 38.3 Å². The molecule has 0 atom stereocenters. The van der Waals surface area contributed by atoms with Gasteiger partial charge in [-0.2, -0.15) is 23.0 Å². The molecule has 41 heavy (non-hydrogen) atoms. The Morgan fingerprint density at radius 2 is 1.80 bits per heavy atom. The Hall–Kier alpha value is -4.07. The van der Waals surface area contributed by atoms with Crippen molar-refractivity contribution >= 4 is 23.5 Å². The number of nitrogens with one attached hydrogen (secondary N) is 1. The molecule has 1 amide bonds. The molecule has 2 heterocycles. The standard InChI is InChI=1S/C26H19ClF5N3O6/c27-18-19(25(28,29)30)34-35(21(18)39-12-23-9-24(10-23,11-23)22(37)38)15-3-1-2-14(7-15)20(36)33-8-13-4-5-16-17(6-13)41-26(31,32)40-16/h1-7H,8-12H2,(H,33,36)(H,37,38). The number of benzene rings is 2. The number of aromatic nitrogens is 2. The molecule has 1 aromatic heterocycles. The molecule has 0 saturated heterocycles. The van der Waals surface area contributed by atoms with Gasteiger partial charge >= 0.3 is 18.4 Å². The molecule has 3 aromatic rings. The number of rotatable bonds is 8. The fourth-order valence-corrected chi connectivity index (χ4v) is 5.91. The van der Waals surface area contributed by atoms with Gasteiger partial charge in [0.25, 0.3) is 5.91 Å². The third kappa shape index (κ3) is 4.69. The highest BCUT2D eigenvalue weighted by Gasteiger charge is 2.72. The van der Waals surface area contributed by atoms with E-state index in [-0.39, 0.29) is 41.8 Å². The number of hydrogen-bond acceptors (Lipinski definition) is 6. The molecule has 216 valence electrons. The van der Waals surface area contributed by atoms with Crippen molar-refractivity contribution in [1.29, 1.82) is 0 Å². The van der Waals surface area contributed by atoms with Gasteiger partial charge < -0.3 is 24.6 Å². The van der Waals surface area contributed by atoms with E-state index in [1.165, 1.54) is 42.5 Å². The van der Waals surface area contributed by atoms with Gasteiger partial charge in [-0.3, -0.25) is 9.59 Å². The lowest BCUT2D eigenvalue weighted by molar-refractivity contribution is -0.286. The minimum Gasteiger partial charge on any atom is -0.481 e. The number of ether oxygens (including phenoxy) is 3. The molecule has 9 nitrogen and oxygen atoms in total. The zero-order valence-corrected chi connectivity index (χ0v) is 21.5. The molecule has 3 fully saturated rings. The second kappa shape index (κ2) is 8.96. The second-order valence-corrected chi connectivity index (χ2v) is 10.8. The van der Waals surface area contributed by atoms with Crippen LogP contribution in [0, 0.1) is 10.8 Å². The summed E-state index contributed by atoms with van der Waals surface area (Å²) in [5, 5.41) is 14.8. The largest absolute Gasteiger partial charge is 0.586 e. The molecular formula is C26H19ClF5N3O6. The van der Waals surface area contributed by atoms with Gasteiger partial charge in [0.15, 0.2) is 17.2 Å². The zero-order valence-electron chi connectivity index (χ0n) is 20.7. The summed E-state index contributed by atoms with van der Waals surface area (Å²) in [7, 11) is 0. The van der Waals surface area contributed by atoms with Crippen LogP contribution in [0.3, 0.4) is 0 Å². The SMILES string of the molecule is O=C(NCc1ccc2c(c1)OC(F)(F)O2)c1cccc(-n2nc(C(F)(F)F)c(Cl)c2OCC23CC(C(=O)O)(C2)C3)c1. The molecule has 3 saturated carbocycles. The maximum atomic E-state index is 13.6. The Kier molecular flexibility index (Phi) is 5.93. The second-order valence-electron chi connectivity index (χ2n) is 10.5. The van der Waals surface area contributed by atoms with Crippen LogP contribution in [0.4, 0.5) is 22.0 Å². The molecule has 2 bridgehead atoms. The molecule has 3 aliphatic carbocycles. The normalized spacial score (nSPS) is 23.4. The van der Waals surface area contributed by atoms with Crippen molar-refractivity contribution in [3.8, 4) is 23.1 Å². The zero-order chi connectivity index (χ0) is 29.4. The Bertz CT molecular complexity index is 1570. The van der Waals surface area contributed by atoms with Gasteiger partial charge in [0.05, 0.1) is 17.7 Å². The summed E-state index contributed by atoms with van der Waals surface area (Å²) in [6, 6.07) is 9.55. The summed E-state index contributed by atoms with van der Waals surface area (Å²) in [5.74, 6) is -2.24. The highest BCUT2D eigenvalue weighted by atomic mass is 35.5. The number of alkyl halides is 5. The first-order valence-corrected chi connectivity index (χ1v) is 12.6. The van der Waals surface area contributed by atoms with E-state index in [9.17, 15) is 36.6 Å². The number of carbonyl (C=O) groups excluding carboxylic acids is 1. The van der Waals surface area contributed by atoms with E-state index in [0.717, 1.165) is 4.68 Å². The lowest BCUT2D eigenvalue weighted by atomic mass is 9.35. The maximum absolute atomic E-state index is 13.6. The van der Waals surface area contributed by atoms with Crippen LogP contribution in [0.15, 0.2) is 42.5 Å². The molecule has 1 aliphatic heterocycles. The fraction of sp³-hybridized carbons (Fsp3) is 0.346. The first-order chi connectivity index (χ1) is 19.2. The molecule has 2 aromatic carbocycles. The number of amides is 1. The predicted octanol–water partition coefficient (Wildman–Crippen LogP) is 5.43. The van der Waals surface area contributed by atoms with Crippen LogP contribution >= 0.6 is 11.6 Å². The molecule has 15 heteroatoms. The molecule has 7 rings (SSSR count). The van der Waals surface area contributed by atoms with Crippen molar-refractivity contribution in [2.24, 2.45) is 10.8 Å². The Labute approximate surface area is 232 Å². The van der Waals surface area contributed by atoms with Crippen LogP contribution in [-0.2, 0) is 17.5 Å². The lowest BCUT2D eigenvalue weighted by Crippen LogP contribution is -2.67. The van der Waals surface area contributed by atoms with Crippen molar-refractivity contribution in [2.75, 3.05) is 6.61 Å².